The van der Waals surface area contributed by atoms with E-state index < -0.39 is 11.7 Å². The quantitative estimate of drug-likeness (QED) is 0.580. The Morgan fingerprint density at radius 1 is 1.30 bits per heavy atom. The first-order valence-electron chi connectivity index (χ1n) is 9.61. The number of rotatable bonds is 6. The molecule has 1 unspecified atom stereocenters. The van der Waals surface area contributed by atoms with E-state index in [1.54, 1.807) is 13.1 Å². The van der Waals surface area contributed by atoms with E-state index in [4.69, 9.17) is 0 Å². The molecule has 27 heavy (non-hydrogen) atoms. The van der Waals surface area contributed by atoms with Gasteiger partial charge in [0.1, 0.15) is 0 Å². The molecule has 1 saturated heterocycles. The van der Waals surface area contributed by atoms with Crippen LogP contribution in [0.4, 0.5) is 13.2 Å². The Labute approximate surface area is 160 Å². The van der Waals surface area contributed by atoms with Crippen molar-refractivity contribution in [1.29, 1.82) is 0 Å². The van der Waals surface area contributed by atoms with E-state index in [9.17, 15) is 13.2 Å². The SMILES string of the molecule is CN=C(NCc1cccc(C(F)(F)F)c1)NCC1CCCN(CC(C)C)C1. The fraction of sp³-hybridized carbons (Fsp3) is 0.650. The smallest absolute Gasteiger partial charge is 0.356 e. The summed E-state index contributed by atoms with van der Waals surface area (Å²) in [6.45, 7) is 8.96. The minimum absolute atomic E-state index is 0.299. The molecule has 1 aromatic carbocycles. The number of nitrogens with zero attached hydrogens (tertiary/aromatic N) is 2. The van der Waals surface area contributed by atoms with Gasteiger partial charge in [0.15, 0.2) is 5.96 Å². The molecule has 0 amide bonds. The van der Waals surface area contributed by atoms with Crippen LogP contribution in [0, 0.1) is 11.8 Å². The van der Waals surface area contributed by atoms with Crippen molar-refractivity contribution < 1.29 is 13.2 Å². The zero-order valence-corrected chi connectivity index (χ0v) is 16.4. The van der Waals surface area contributed by atoms with Gasteiger partial charge in [0.2, 0.25) is 0 Å². The van der Waals surface area contributed by atoms with E-state index in [0.717, 1.165) is 32.2 Å². The number of hydrogen-bond acceptors (Lipinski definition) is 2. The van der Waals surface area contributed by atoms with Gasteiger partial charge in [-0.3, -0.25) is 4.99 Å². The van der Waals surface area contributed by atoms with Crippen LogP contribution in [0.15, 0.2) is 29.3 Å². The summed E-state index contributed by atoms with van der Waals surface area (Å²) < 4.78 is 38.4. The predicted octanol–water partition coefficient (Wildman–Crippen LogP) is 3.74. The zero-order valence-electron chi connectivity index (χ0n) is 16.4. The molecule has 2 N–H and O–H groups in total. The number of alkyl halides is 3. The molecule has 0 radical (unpaired) electrons. The zero-order chi connectivity index (χ0) is 19.9. The predicted molar refractivity (Wildman–Crippen MR) is 104 cm³/mol. The Kier molecular flexibility index (Phi) is 7.95. The molecule has 152 valence electrons. The molecule has 0 aromatic heterocycles. The van der Waals surface area contributed by atoms with Crippen molar-refractivity contribution >= 4 is 5.96 Å². The van der Waals surface area contributed by atoms with Gasteiger partial charge in [-0.2, -0.15) is 13.2 Å². The molecule has 1 aliphatic heterocycles. The lowest BCUT2D eigenvalue weighted by molar-refractivity contribution is -0.137. The van der Waals surface area contributed by atoms with Crippen molar-refractivity contribution in [1.82, 2.24) is 15.5 Å². The molecule has 4 nitrogen and oxygen atoms in total. The first kappa shape index (κ1) is 21.5. The summed E-state index contributed by atoms with van der Waals surface area (Å²) in [5, 5.41) is 6.42. The van der Waals surface area contributed by atoms with Gasteiger partial charge in [0, 0.05) is 33.2 Å². The number of guanidine groups is 1. The lowest BCUT2D eigenvalue weighted by Crippen LogP contribution is -2.45. The normalized spacial score (nSPS) is 19.4. The topological polar surface area (TPSA) is 39.7 Å². The number of likely N-dealkylation sites (tertiary alicyclic amines) is 1. The van der Waals surface area contributed by atoms with Crippen molar-refractivity contribution in [3.8, 4) is 0 Å². The molecule has 1 heterocycles. The van der Waals surface area contributed by atoms with Gasteiger partial charge < -0.3 is 15.5 Å². The van der Waals surface area contributed by atoms with Crippen LogP contribution in [0.5, 0.6) is 0 Å². The van der Waals surface area contributed by atoms with Crippen molar-refractivity contribution in [3.63, 3.8) is 0 Å². The summed E-state index contributed by atoms with van der Waals surface area (Å²) in [6, 6.07) is 5.37. The van der Waals surface area contributed by atoms with Crippen molar-refractivity contribution in [2.24, 2.45) is 16.8 Å². The largest absolute Gasteiger partial charge is 0.416 e. The molecule has 0 bridgehead atoms. The van der Waals surface area contributed by atoms with E-state index in [1.165, 1.54) is 25.0 Å². The van der Waals surface area contributed by atoms with Gasteiger partial charge in [-0.1, -0.05) is 26.0 Å². The summed E-state index contributed by atoms with van der Waals surface area (Å²) in [4.78, 5) is 6.70. The number of benzene rings is 1. The van der Waals surface area contributed by atoms with Crippen LogP contribution < -0.4 is 10.6 Å². The third-order valence-corrected chi connectivity index (χ3v) is 4.72. The molecule has 0 aliphatic carbocycles. The number of halogens is 3. The van der Waals surface area contributed by atoms with Crippen LogP contribution in [-0.4, -0.2) is 44.1 Å². The average Bonchev–Trinajstić information content (AvgIpc) is 2.61. The molecule has 0 spiro atoms. The van der Waals surface area contributed by atoms with E-state index in [1.807, 2.05) is 0 Å². The maximum Gasteiger partial charge on any atom is 0.416 e. The molecule has 1 atom stereocenters. The Morgan fingerprint density at radius 3 is 2.74 bits per heavy atom. The monoisotopic (exact) mass is 384 g/mol. The van der Waals surface area contributed by atoms with Crippen LogP contribution in [0.25, 0.3) is 0 Å². The van der Waals surface area contributed by atoms with E-state index in [0.29, 0.717) is 29.9 Å². The Bertz CT molecular complexity index is 613. The van der Waals surface area contributed by atoms with Gasteiger partial charge in [0.25, 0.3) is 0 Å². The minimum atomic E-state index is -4.32. The molecule has 1 aromatic rings. The van der Waals surface area contributed by atoms with Gasteiger partial charge in [-0.05, 0) is 48.9 Å². The van der Waals surface area contributed by atoms with Gasteiger partial charge in [-0.15, -0.1) is 0 Å². The van der Waals surface area contributed by atoms with Crippen LogP contribution in [0.3, 0.4) is 0 Å². The van der Waals surface area contributed by atoms with Crippen LogP contribution in [-0.2, 0) is 12.7 Å². The van der Waals surface area contributed by atoms with Crippen LogP contribution >= 0.6 is 0 Å². The molecule has 1 fully saturated rings. The lowest BCUT2D eigenvalue weighted by atomic mass is 9.97. The maximum absolute atomic E-state index is 12.8. The van der Waals surface area contributed by atoms with Gasteiger partial charge >= 0.3 is 6.18 Å². The minimum Gasteiger partial charge on any atom is -0.356 e. The fourth-order valence-corrected chi connectivity index (χ4v) is 3.51. The highest BCUT2D eigenvalue weighted by atomic mass is 19.4. The molecule has 1 aliphatic rings. The van der Waals surface area contributed by atoms with Gasteiger partial charge in [0.05, 0.1) is 5.56 Å². The summed E-state index contributed by atoms with van der Waals surface area (Å²) in [5.41, 5.74) is -0.0502. The highest BCUT2D eigenvalue weighted by molar-refractivity contribution is 5.79. The van der Waals surface area contributed by atoms with Crippen molar-refractivity contribution in [2.75, 3.05) is 33.2 Å². The average molecular weight is 384 g/mol. The highest BCUT2D eigenvalue weighted by Crippen LogP contribution is 2.29. The van der Waals surface area contributed by atoms with Crippen LogP contribution in [0.2, 0.25) is 0 Å². The number of piperidine rings is 1. The van der Waals surface area contributed by atoms with Crippen molar-refractivity contribution in [2.45, 2.75) is 39.4 Å². The number of nitrogens with one attached hydrogen (secondary N) is 2. The van der Waals surface area contributed by atoms with E-state index >= 15 is 0 Å². The Balaban J connectivity index is 1.81. The summed E-state index contributed by atoms with van der Waals surface area (Å²) in [7, 11) is 1.67. The van der Waals surface area contributed by atoms with Crippen LogP contribution in [0.1, 0.15) is 37.8 Å². The summed E-state index contributed by atoms with van der Waals surface area (Å²) >= 11 is 0. The number of aliphatic imine (C=N–C) groups is 1. The Morgan fingerprint density at radius 2 is 2.07 bits per heavy atom. The maximum atomic E-state index is 12.8. The third-order valence-electron chi connectivity index (χ3n) is 4.72. The Hall–Kier alpha value is -1.76. The van der Waals surface area contributed by atoms with Crippen molar-refractivity contribution in [3.05, 3.63) is 35.4 Å². The van der Waals surface area contributed by atoms with E-state index in [2.05, 4.69) is 34.4 Å². The van der Waals surface area contributed by atoms with E-state index in [-0.39, 0.29) is 0 Å². The van der Waals surface area contributed by atoms with Gasteiger partial charge in [-0.25, -0.2) is 0 Å². The lowest BCUT2D eigenvalue weighted by Gasteiger charge is -2.34. The second-order valence-corrected chi connectivity index (χ2v) is 7.67. The standard InChI is InChI=1S/C20H31F3N4/c1-15(2)13-27-9-5-7-17(14-27)12-26-19(24-3)25-11-16-6-4-8-18(10-16)20(21,22)23/h4,6,8,10,15,17H,5,7,9,11-14H2,1-3H3,(H2,24,25,26). The molecule has 7 heteroatoms. The fourth-order valence-electron chi connectivity index (χ4n) is 3.51. The first-order chi connectivity index (χ1) is 12.8. The second-order valence-electron chi connectivity index (χ2n) is 7.67. The second kappa shape index (κ2) is 9.97. The third kappa shape index (κ3) is 7.40. The summed E-state index contributed by atoms with van der Waals surface area (Å²) in [6.07, 6.45) is -1.93. The molecular weight excluding hydrogens is 353 g/mol. The molecule has 2 rings (SSSR count). The molecular formula is C20H31F3N4. The number of hydrogen-bond donors (Lipinski definition) is 2. The summed E-state index contributed by atoms with van der Waals surface area (Å²) in [5.74, 6) is 1.84. The molecule has 0 saturated carbocycles. The highest BCUT2D eigenvalue weighted by Gasteiger charge is 2.30. The first-order valence-corrected chi connectivity index (χ1v) is 9.61.